The second kappa shape index (κ2) is 11.3. The minimum absolute atomic E-state index is 0.156. The van der Waals surface area contributed by atoms with Gasteiger partial charge in [0.2, 0.25) is 0 Å². The number of carbonyl (C=O) groups is 4. The molecule has 3 N–H and O–H groups in total. The first-order chi connectivity index (χ1) is 14.4. The average molecular weight is 442 g/mol. The fourth-order valence-corrected chi connectivity index (χ4v) is 2.76. The molecule has 0 saturated carbocycles. The number of carbonyl (C=O) groups excluding carboxylic acids is 2. The summed E-state index contributed by atoms with van der Waals surface area (Å²) in [4.78, 5) is 44.0. The third-order valence-corrected chi connectivity index (χ3v) is 4.12. The Morgan fingerprint density at radius 3 is 2.23 bits per heavy atom. The molecule has 2 atom stereocenters. The molecular weight excluding hydrogens is 415 g/mol. The minimum Gasteiger partial charge on any atom is -0.473 e. The molecule has 31 heavy (non-hydrogen) atoms. The number of amides is 1. The zero-order valence-corrected chi connectivity index (χ0v) is 17.8. The number of nitrogens with zero attached hydrogens (tertiary/aromatic N) is 1. The number of aliphatic carboxylic acids is 2. The fourth-order valence-electron chi connectivity index (χ4n) is 2.76. The summed E-state index contributed by atoms with van der Waals surface area (Å²) < 4.78 is 23.9. The van der Waals surface area contributed by atoms with Gasteiger partial charge in [-0.15, -0.1) is 0 Å². The summed E-state index contributed by atoms with van der Waals surface area (Å²) in [5, 5.41) is 18.0. The maximum atomic E-state index is 13.7. The van der Waals surface area contributed by atoms with E-state index in [1.807, 2.05) is 0 Å². The van der Waals surface area contributed by atoms with E-state index in [0.29, 0.717) is 25.1 Å². The number of hydrogen-bond acceptors (Lipinski definition) is 7. The highest BCUT2D eigenvalue weighted by molar-refractivity contribution is 6.27. The summed E-state index contributed by atoms with van der Waals surface area (Å²) in [5.74, 6) is -4.42. The van der Waals surface area contributed by atoms with E-state index in [2.05, 4.69) is 5.32 Å². The molecule has 1 saturated heterocycles. The van der Waals surface area contributed by atoms with Gasteiger partial charge in [-0.3, -0.25) is 4.90 Å². The number of nitrogens with one attached hydrogen (secondary N) is 1. The number of halogens is 1. The van der Waals surface area contributed by atoms with Crippen molar-refractivity contribution in [2.75, 3.05) is 13.7 Å². The Bertz CT molecular complexity index is 797. The van der Waals surface area contributed by atoms with Crippen LogP contribution in [0.2, 0.25) is 0 Å². The molecule has 0 spiro atoms. The van der Waals surface area contributed by atoms with Crippen LogP contribution in [0.5, 0.6) is 0 Å². The first-order valence-electron chi connectivity index (χ1n) is 9.36. The molecule has 11 heteroatoms. The molecule has 1 aliphatic heterocycles. The number of ether oxygens (including phenoxy) is 2. The van der Waals surface area contributed by atoms with Gasteiger partial charge in [-0.05, 0) is 33.3 Å². The molecule has 1 fully saturated rings. The van der Waals surface area contributed by atoms with Crippen LogP contribution in [0.3, 0.4) is 0 Å². The molecule has 1 heterocycles. The SMILES string of the molecule is COC(=O)[C@@H]1C[C@H](NCc2ccccc2F)CN1C(=O)OC(C)(C)C.O=C(O)C(=O)O. The van der Waals surface area contributed by atoms with Gasteiger partial charge in [-0.1, -0.05) is 18.2 Å². The van der Waals surface area contributed by atoms with Gasteiger partial charge in [0.15, 0.2) is 0 Å². The predicted octanol–water partition coefficient (Wildman–Crippen LogP) is 1.62. The van der Waals surface area contributed by atoms with Crippen molar-refractivity contribution in [2.24, 2.45) is 0 Å². The number of hydrogen-bond donors (Lipinski definition) is 3. The zero-order valence-electron chi connectivity index (χ0n) is 17.8. The lowest BCUT2D eigenvalue weighted by Gasteiger charge is -2.27. The van der Waals surface area contributed by atoms with Gasteiger partial charge in [0, 0.05) is 24.7 Å². The molecule has 0 bridgehead atoms. The van der Waals surface area contributed by atoms with Crippen LogP contribution < -0.4 is 5.32 Å². The van der Waals surface area contributed by atoms with Gasteiger partial charge < -0.3 is 25.0 Å². The normalized spacial score (nSPS) is 17.9. The van der Waals surface area contributed by atoms with Crippen LogP contribution in [-0.4, -0.2) is 70.5 Å². The maximum Gasteiger partial charge on any atom is 0.414 e. The van der Waals surface area contributed by atoms with E-state index in [1.54, 1.807) is 39.0 Å². The van der Waals surface area contributed by atoms with Crippen molar-refractivity contribution in [3.05, 3.63) is 35.6 Å². The number of benzene rings is 1. The Kier molecular flexibility index (Phi) is 9.38. The standard InChI is InChI=1S/C18H25FN2O4.C2H2O4/c1-18(2,3)25-17(23)21-11-13(9-15(21)16(22)24-4)20-10-12-7-5-6-8-14(12)19;3-1(4)2(5)6/h5-8,13,15,20H,9-11H2,1-4H3;(H,3,4)(H,5,6)/t13-,15-;/m0./s1. The quantitative estimate of drug-likeness (QED) is 0.468. The fraction of sp³-hybridized carbons (Fsp3) is 0.500. The minimum atomic E-state index is -1.82. The Morgan fingerprint density at radius 2 is 1.74 bits per heavy atom. The van der Waals surface area contributed by atoms with E-state index in [-0.39, 0.29) is 11.9 Å². The van der Waals surface area contributed by atoms with Crippen molar-refractivity contribution in [3.63, 3.8) is 0 Å². The second-order valence-corrected chi connectivity index (χ2v) is 7.69. The van der Waals surface area contributed by atoms with E-state index in [9.17, 15) is 14.0 Å². The first kappa shape index (κ1) is 25.8. The van der Waals surface area contributed by atoms with Crippen LogP contribution in [0.1, 0.15) is 32.8 Å². The topological polar surface area (TPSA) is 142 Å². The second-order valence-electron chi connectivity index (χ2n) is 7.69. The maximum absolute atomic E-state index is 13.7. The monoisotopic (exact) mass is 442 g/mol. The van der Waals surface area contributed by atoms with Crippen molar-refractivity contribution < 1.29 is 43.3 Å². The number of likely N-dealkylation sites (tertiary alicyclic amines) is 1. The molecule has 0 unspecified atom stereocenters. The highest BCUT2D eigenvalue weighted by Gasteiger charge is 2.42. The molecule has 0 aromatic heterocycles. The van der Waals surface area contributed by atoms with Gasteiger partial charge in [0.1, 0.15) is 17.5 Å². The lowest BCUT2D eigenvalue weighted by molar-refractivity contribution is -0.159. The molecule has 172 valence electrons. The van der Waals surface area contributed by atoms with E-state index in [0.717, 1.165) is 0 Å². The molecule has 1 aromatic carbocycles. The van der Waals surface area contributed by atoms with Crippen LogP contribution in [0.25, 0.3) is 0 Å². The third-order valence-electron chi connectivity index (χ3n) is 4.12. The number of esters is 1. The van der Waals surface area contributed by atoms with Crippen molar-refractivity contribution in [3.8, 4) is 0 Å². The highest BCUT2D eigenvalue weighted by atomic mass is 19.1. The van der Waals surface area contributed by atoms with Crippen molar-refractivity contribution in [1.29, 1.82) is 0 Å². The molecule has 10 nitrogen and oxygen atoms in total. The number of carboxylic acids is 2. The van der Waals surface area contributed by atoms with Crippen LogP contribution in [0.4, 0.5) is 9.18 Å². The Balaban J connectivity index is 0.000000703. The Morgan fingerprint density at radius 1 is 1.16 bits per heavy atom. The molecule has 1 aromatic rings. The smallest absolute Gasteiger partial charge is 0.414 e. The van der Waals surface area contributed by atoms with E-state index >= 15 is 0 Å². The molecule has 0 aliphatic carbocycles. The van der Waals surface area contributed by atoms with Crippen molar-refractivity contribution >= 4 is 24.0 Å². The van der Waals surface area contributed by atoms with E-state index < -0.39 is 35.6 Å². The average Bonchev–Trinajstić information content (AvgIpc) is 3.10. The molecule has 1 amide bonds. The molecular formula is C20H27FN2O8. The highest BCUT2D eigenvalue weighted by Crippen LogP contribution is 2.23. The van der Waals surface area contributed by atoms with Gasteiger partial charge in [0.05, 0.1) is 7.11 Å². The summed E-state index contributed by atoms with van der Waals surface area (Å²) in [6.07, 6.45) is -0.168. The number of rotatable bonds is 4. The molecule has 0 radical (unpaired) electrons. The van der Waals surface area contributed by atoms with Crippen molar-refractivity contribution in [1.82, 2.24) is 10.2 Å². The van der Waals surface area contributed by atoms with E-state index in [4.69, 9.17) is 29.3 Å². The predicted molar refractivity (Wildman–Crippen MR) is 106 cm³/mol. The van der Waals surface area contributed by atoms with Crippen LogP contribution in [0, 0.1) is 5.82 Å². The van der Waals surface area contributed by atoms with Crippen LogP contribution in [0.15, 0.2) is 24.3 Å². The van der Waals surface area contributed by atoms with Crippen LogP contribution >= 0.6 is 0 Å². The summed E-state index contributed by atoms with van der Waals surface area (Å²) in [5.41, 5.74) is -0.121. The summed E-state index contributed by atoms with van der Waals surface area (Å²) in [6, 6.07) is 5.62. The molecule has 2 rings (SSSR count). The number of carboxylic acid groups (broad SMARTS) is 2. The molecule has 1 aliphatic rings. The Hall–Kier alpha value is -3.21. The first-order valence-corrected chi connectivity index (χ1v) is 9.36. The Labute approximate surface area is 178 Å². The van der Waals surface area contributed by atoms with Crippen LogP contribution in [-0.2, 0) is 30.4 Å². The van der Waals surface area contributed by atoms with Gasteiger partial charge in [-0.25, -0.2) is 23.6 Å². The van der Waals surface area contributed by atoms with Crippen molar-refractivity contribution in [2.45, 2.75) is 51.4 Å². The van der Waals surface area contributed by atoms with Gasteiger partial charge >= 0.3 is 24.0 Å². The summed E-state index contributed by atoms with van der Waals surface area (Å²) in [7, 11) is 1.29. The lowest BCUT2D eigenvalue weighted by Crippen LogP contribution is -2.44. The van der Waals surface area contributed by atoms with Gasteiger partial charge in [0.25, 0.3) is 0 Å². The summed E-state index contributed by atoms with van der Waals surface area (Å²) >= 11 is 0. The lowest BCUT2D eigenvalue weighted by atomic mass is 10.1. The van der Waals surface area contributed by atoms with Gasteiger partial charge in [-0.2, -0.15) is 0 Å². The third kappa shape index (κ3) is 8.59. The van der Waals surface area contributed by atoms with E-state index in [1.165, 1.54) is 18.1 Å². The zero-order chi connectivity index (χ0) is 23.8. The summed E-state index contributed by atoms with van der Waals surface area (Å²) in [6.45, 7) is 5.91. The number of methoxy groups -OCH3 is 1. The largest absolute Gasteiger partial charge is 0.473 e.